The molecule has 176 valence electrons. The second-order valence-corrected chi connectivity index (χ2v) is 7.93. The van der Waals surface area contributed by atoms with Crippen molar-refractivity contribution in [1.29, 1.82) is 0 Å². The molecule has 1 aromatic heterocycles. The number of nitrogens with zero attached hydrogens (tertiary/aromatic N) is 2. The summed E-state index contributed by atoms with van der Waals surface area (Å²) in [5.74, 6) is 1.66. The summed E-state index contributed by atoms with van der Waals surface area (Å²) in [5, 5.41) is 6.72. The van der Waals surface area contributed by atoms with Crippen LogP contribution in [0.15, 0.2) is 46.2 Å². The zero-order valence-corrected chi connectivity index (χ0v) is 21.6. The van der Waals surface area contributed by atoms with Gasteiger partial charge in [-0.05, 0) is 44.4 Å². The second kappa shape index (κ2) is 13.5. The van der Waals surface area contributed by atoms with Crippen molar-refractivity contribution in [3.63, 3.8) is 0 Å². The third-order valence-corrected chi connectivity index (χ3v) is 5.44. The first-order chi connectivity index (χ1) is 15.1. The molecule has 0 amide bonds. The van der Waals surface area contributed by atoms with Crippen molar-refractivity contribution in [2.75, 3.05) is 26.8 Å². The van der Waals surface area contributed by atoms with Crippen molar-refractivity contribution < 1.29 is 9.47 Å². The summed E-state index contributed by atoms with van der Waals surface area (Å²) in [6.07, 6.45) is 2.92. The van der Waals surface area contributed by atoms with Crippen molar-refractivity contribution in [3.8, 4) is 5.75 Å². The van der Waals surface area contributed by atoms with Gasteiger partial charge < -0.3 is 24.7 Å². The summed E-state index contributed by atoms with van der Waals surface area (Å²) < 4.78 is 13.4. The predicted molar refractivity (Wildman–Crippen MR) is 139 cm³/mol. The monoisotopic (exact) mass is 554 g/mol. The molecule has 2 heterocycles. The summed E-state index contributed by atoms with van der Waals surface area (Å²) in [6.45, 7) is 7.60. The van der Waals surface area contributed by atoms with Gasteiger partial charge in [-0.15, -0.1) is 24.0 Å². The van der Waals surface area contributed by atoms with Crippen LogP contribution in [0, 0.1) is 13.8 Å². The molecule has 2 aromatic rings. The van der Waals surface area contributed by atoms with E-state index in [1.165, 1.54) is 5.56 Å². The molecule has 1 aliphatic rings. The highest BCUT2D eigenvalue weighted by molar-refractivity contribution is 14.0. The Labute approximate surface area is 207 Å². The van der Waals surface area contributed by atoms with E-state index in [-0.39, 0.29) is 35.6 Å². The number of rotatable bonds is 9. The van der Waals surface area contributed by atoms with Gasteiger partial charge >= 0.3 is 0 Å². The molecule has 8 heteroatoms. The molecule has 1 atom stereocenters. The summed E-state index contributed by atoms with van der Waals surface area (Å²) in [4.78, 5) is 16.3. The molecule has 32 heavy (non-hydrogen) atoms. The Bertz CT molecular complexity index is 939. The predicted octanol–water partition coefficient (Wildman–Crippen LogP) is 3.40. The van der Waals surface area contributed by atoms with Gasteiger partial charge in [0.1, 0.15) is 11.9 Å². The molecule has 1 aliphatic heterocycles. The van der Waals surface area contributed by atoms with Crippen LogP contribution in [0.4, 0.5) is 0 Å². The fourth-order valence-corrected chi connectivity index (χ4v) is 3.61. The fraction of sp³-hybridized carbons (Fsp3) is 0.500. The Kier molecular flexibility index (Phi) is 11.0. The Morgan fingerprint density at radius 3 is 2.78 bits per heavy atom. The molecule has 0 aliphatic carbocycles. The van der Waals surface area contributed by atoms with Crippen LogP contribution in [0.25, 0.3) is 0 Å². The standard InChI is InChI=1S/C24H34N4O3.HI/c1-18-9-10-20(22(15-18)31-21-11-14-30-17-21)16-27-24(25-3)26-12-4-5-13-28-19(2)7-6-8-23(28)29;/h6-10,15,21H,4-5,11-14,16-17H2,1-3H3,(H2,25,26,27);1H. The number of benzene rings is 1. The van der Waals surface area contributed by atoms with Gasteiger partial charge in [0.15, 0.2) is 5.96 Å². The number of ether oxygens (including phenoxy) is 2. The number of aliphatic imine (C=N–C) groups is 1. The molecule has 1 unspecified atom stereocenters. The highest BCUT2D eigenvalue weighted by Gasteiger charge is 2.18. The number of nitrogens with one attached hydrogen (secondary N) is 2. The summed E-state index contributed by atoms with van der Waals surface area (Å²) in [5.41, 5.74) is 3.33. The number of hydrogen-bond acceptors (Lipinski definition) is 4. The molecule has 3 rings (SSSR count). The van der Waals surface area contributed by atoms with E-state index in [1.54, 1.807) is 19.2 Å². The Morgan fingerprint density at radius 1 is 1.22 bits per heavy atom. The Hall–Kier alpha value is -2.07. The van der Waals surface area contributed by atoms with Crippen molar-refractivity contribution in [2.24, 2.45) is 4.99 Å². The van der Waals surface area contributed by atoms with Gasteiger partial charge in [-0.25, -0.2) is 0 Å². The van der Waals surface area contributed by atoms with E-state index >= 15 is 0 Å². The number of hydrogen-bond donors (Lipinski definition) is 2. The fourth-order valence-electron chi connectivity index (χ4n) is 3.61. The topological polar surface area (TPSA) is 76.9 Å². The van der Waals surface area contributed by atoms with E-state index in [2.05, 4.69) is 40.7 Å². The molecule has 0 radical (unpaired) electrons. The minimum absolute atomic E-state index is 0. The lowest BCUT2D eigenvalue weighted by Gasteiger charge is -2.18. The summed E-state index contributed by atoms with van der Waals surface area (Å²) >= 11 is 0. The zero-order chi connectivity index (χ0) is 22.1. The first-order valence-electron chi connectivity index (χ1n) is 11.0. The lowest BCUT2D eigenvalue weighted by atomic mass is 10.1. The zero-order valence-electron chi connectivity index (χ0n) is 19.2. The quantitative estimate of drug-likeness (QED) is 0.215. The SMILES string of the molecule is CN=C(NCCCCn1c(C)cccc1=O)NCc1ccc(C)cc1OC1CCOC1.I. The van der Waals surface area contributed by atoms with Crippen LogP contribution in [-0.4, -0.2) is 43.4 Å². The number of halogens is 1. The first kappa shape index (κ1) is 26.2. The van der Waals surface area contributed by atoms with Crippen LogP contribution in [-0.2, 0) is 17.8 Å². The van der Waals surface area contributed by atoms with Gasteiger partial charge in [-0.3, -0.25) is 9.79 Å². The van der Waals surface area contributed by atoms with Crippen molar-refractivity contribution in [1.82, 2.24) is 15.2 Å². The molecule has 0 saturated carbocycles. The third kappa shape index (κ3) is 7.81. The molecule has 1 saturated heterocycles. The van der Waals surface area contributed by atoms with Crippen LogP contribution in [0.5, 0.6) is 5.75 Å². The maximum absolute atomic E-state index is 11.9. The van der Waals surface area contributed by atoms with Crippen molar-refractivity contribution in [2.45, 2.75) is 52.3 Å². The van der Waals surface area contributed by atoms with E-state index in [1.807, 2.05) is 17.6 Å². The molecule has 1 fully saturated rings. The average Bonchev–Trinajstić information content (AvgIpc) is 3.26. The minimum Gasteiger partial charge on any atom is -0.488 e. The summed E-state index contributed by atoms with van der Waals surface area (Å²) in [6, 6.07) is 11.7. The normalized spacial score (nSPS) is 15.8. The number of aromatic nitrogens is 1. The van der Waals surface area contributed by atoms with E-state index in [0.29, 0.717) is 13.2 Å². The highest BCUT2D eigenvalue weighted by atomic mass is 127. The van der Waals surface area contributed by atoms with Crippen molar-refractivity contribution >= 4 is 29.9 Å². The minimum atomic E-state index is 0. The number of aryl methyl sites for hydroxylation is 2. The maximum atomic E-state index is 11.9. The van der Waals surface area contributed by atoms with Crippen LogP contribution < -0.4 is 20.9 Å². The largest absolute Gasteiger partial charge is 0.488 e. The van der Waals surface area contributed by atoms with Crippen LogP contribution in [0.2, 0.25) is 0 Å². The molecule has 0 spiro atoms. The van der Waals surface area contributed by atoms with E-state index in [4.69, 9.17) is 9.47 Å². The van der Waals surface area contributed by atoms with Gasteiger partial charge in [0, 0.05) is 50.4 Å². The van der Waals surface area contributed by atoms with Gasteiger partial charge in [0.25, 0.3) is 5.56 Å². The Morgan fingerprint density at radius 2 is 2.06 bits per heavy atom. The Balaban J connectivity index is 0.00000363. The van der Waals surface area contributed by atoms with E-state index in [0.717, 1.165) is 61.9 Å². The number of unbranched alkanes of at least 4 members (excludes halogenated alkanes) is 1. The molecule has 1 aromatic carbocycles. The molecule has 7 nitrogen and oxygen atoms in total. The highest BCUT2D eigenvalue weighted by Crippen LogP contribution is 2.23. The molecule has 2 N–H and O–H groups in total. The van der Waals surface area contributed by atoms with Crippen LogP contribution in [0.3, 0.4) is 0 Å². The van der Waals surface area contributed by atoms with Gasteiger partial charge in [0.2, 0.25) is 0 Å². The van der Waals surface area contributed by atoms with Gasteiger partial charge in [-0.1, -0.05) is 18.2 Å². The first-order valence-corrected chi connectivity index (χ1v) is 11.0. The maximum Gasteiger partial charge on any atom is 0.250 e. The lowest BCUT2D eigenvalue weighted by molar-refractivity contribution is 0.140. The van der Waals surface area contributed by atoms with Crippen LogP contribution in [0.1, 0.15) is 36.1 Å². The molecular weight excluding hydrogens is 519 g/mol. The van der Waals surface area contributed by atoms with Crippen LogP contribution >= 0.6 is 24.0 Å². The second-order valence-electron chi connectivity index (χ2n) is 7.93. The molecular formula is C24H35IN4O3. The molecule has 0 bridgehead atoms. The van der Waals surface area contributed by atoms with Gasteiger partial charge in [-0.2, -0.15) is 0 Å². The number of guanidine groups is 1. The van der Waals surface area contributed by atoms with E-state index in [9.17, 15) is 4.79 Å². The van der Waals surface area contributed by atoms with E-state index < -0.39 is 0 Å². The van der Waals surface area contributed by atoms with Gasteiger partial charge in [0.05, 0.1) is 13.2 Å². The number of pyridine rings is 1. The van der Waals surface area contributed by atoms with Crippen molar-refractivity contribution in [3.05, 3.63) is 63.6 Å². The third-order valence-electron chi connectivity index (χ3n) is 5.44. The summed E-state index contributed by atoms with van der Waals surface area (Å²) in [7, 11) is 1.77. The smallest absolute Gasteiger partial charge is 0.250 e. The average molecular weight is 554 g/mol. The lowest BCUT2D eigenvalue weighted by Crippen LogP contribution is -2.37.